The Labute approximate surface area is 799 Å². The number of pyridine rings is 8. The summed E-state index contributed by atoms with van der Waals surface area (Å²) in [5, 5.41) is 14.6. The van der Waals surface area contributed by atoms with Gasteiger partial charge in [-0.05, 0) is 320 Å². The average Bonchev–Trinajstić information content (AvgIpc) is 1.51. The molecule has 140 heavy (non-hydrogen) atoms. The predicted octanol–water partition coefficient (Wildman–Crippen LogP) is 29.3. The molecule has 8 aliphatic carbocycles. The molecular weight excluding hydrogens is 1710 g/mol. The molecule has 12 aromatic heterocycles. The smallest absolute Gasteiger partial charge is 0.146 e. The fourth-order valence-corrected chi connectivity index (χ4v) is 26.6. The van der Waals surface area contributed by atoms with Gasteiger partial charge in [-0.2, -0.15) is 0 Å². The number of nitrogens with zero attached hydrogens (tertiary/aromatic N) is 12. The summed E-state index contributed by atoms with van der Waals surface area (Å²) in [6.07, 6.45) is 23.7. The Balaban J connectivity index is 0.0000000829. The van der Waals surface area contributed by atoms with Gasteiger partial charge in [0.1, 0.15) is 22.6 Å². The van der Waals surface area contributed by atoms with Gasteiger partial charge in [0.25, 0.3) is 0 Å². The Morgan fingerprint density at radius 1 is 0.164 bits per heavy atom. The molecule has 36 rings (SSSR count). The Morgan fingerprint density at radius 2 is 0.443 bits per heavy atom. The fourth-order valence-electron chi connectivity index (χ4n) is 26.6. The van der Waals surface area contributed by atoms with Gasteiger partial charge in [0.15, 0.2) is 0 Å². The molecular formula is C128H76N12. The summed E-state index contributed by atoms with van der Waals surface area (Å²) in [7, 11) is 0. The summed E-state index contributed by atoms with van der Waals surface area (Å²) < 4.78 is 9.21. The van der Waals surface area contributed by atoms with Crippen LogP contribution < -0.4 is 0 Å². The van der Waals surface area contributed by atoms with E-state index in [1.807, 2.05) is 49.6 Å². The molecule has 12 nitrogen and oxygen atoms in total. The number of rotatable bonds is 0. The van der Waals surface area contributed by atoms with E-state index in [0.29, 0.717) is 0 Å². The molecule has 16 aromatic carbocycles. The monoisotopic (exact) mass is 1780 g/mol. The van der Waals surface area contributed by atoms with Crippen LogP contribution in [0.1, 0.15) is 89.0 Å². The van der Waals surface area contributed by atoms with Crippen LogP contribution in [0.2, 0.25) is 0 Å². The predicted molar refractivity (Wildman–Crippen MR) is 568 cm³/mol. The highest BCUT2D eigenvalue weighted by molar-refractivity contribution is 6.26. The molecule has 0 bridgehead atoms. The lowest BCUT2D eigenvalue weighted by molar-refractivity contribution is 1.16. The molecule has 0 fully saturated rings. The minimum atomic E-state index is 0.972. The zero-order chi connectivity index (χ0) is 90.7. The number of fused-ring (bicyclic) bond motifs is 62. The number of hydrogen-bond donors (Lipinski definition) is 0. The minimum Gasteiger partial charge on any atom is -0.292 e. The van der Waals surface area contributed by atoms with E-state index in [-0.39, 0.29) is 0 Å². The SMILES string of the molecule is c1ccc2c(c1)Cc1c-2ccc2c1Cc1ccc3c(c1-2)c1cnccc1n1c2ccccc2nc31.c1ccc2c(c1)Cc1cc3c(cc1-2)-c1c(ccc2c1c1cnccc1n1c4ccccc4nc21)C3.c1ccc2c(c1)Cc1cc3c(cc1-2)Cc1ccc2c(c1-3)c1cnccc1n1c3ccccc3nc21.c1ccc2c(c1)Cc1ccc3c(c1-2)Cc1ccc2c(c1-3)c1cnccc1n1c3ccccc3nc21. The summed E-state index contributed by atoms with van der Waals surface area (Å²) >= 11 is 0. The van der Waals surface area contributed by atoms with Crippen LogP contribution in [0.3, 0.4) is 0 Å². The first-order valence-electron chi connectivity index (χ1n) is 48.7. The van der Waals surface area contributed by atoms with Crippen molar-refractivity contribution < 1.29 is 0 Å². The van der Waals surface area contributed by atoms with E-state index in [2.05, 4.69) is 353 Å². The molecule has 0 radical (unpaired) electrons. The molecule has 0 unspecified atom stereocenters. The first-order chi connectivity index (χ1) is 69.4. The Bertz CT molecular complexity index is 10300. The van der Waals surface area contributed by atoms with Gasteiger partial charge in [-0.3, -0.25) is 37.5 Å². The summed E-state index contributed by atoms with van der Waals surface area (Å²) in [5.41, 5.74) is 62.5. The maximum Gasteiger partial charge on any atom is 0.146 e. The first-order valence-corrected chi connectivity index (χ1v) is 48.7. The number of aromatic nitrogens is 12. The van der Waals surface area contributed by atoms with Crippen LogP contribution in [0.15, 0.2) is 365 Å². The molecule has 0 amide bonds. The third-order valence-corrected chi connectivity index (χ3v) is 32.4. The first kappa shape index (κ1) is 75.3. The van der Waals surface area contributed by atoms with Crippen molar-refractivity contribution in [1.29, 1.82) is 0 Å². The second-order valence-corrected chi connectivity index (χ2v) is 39.3. The lowest BCUT2D eigenvalue weighted by atomic mass is 9.93. The molecule has 12 heteroatoms. The van der Waals surface area contributed by atoms with E-state index in [0.717, 1.165) is 140 Å². The summed E-state index contributed by atoms with van der Waals surface area (Å²) in [6.45, 7) is 0. The van der Waals surface area contributed by atoms with E-state index < -0.39 is 0 Å². The van der Waals surface area contributed by atoms with Crippen LogP contribution in [0, 0.1) is 0 Å². The van der Waals surface area contributed by atoms with Crippen LogP contribution in [0.5, 0.6) is 0 Å². The van der Waals surface area contributed by atoms with E-state index in [9.17, 15) is 0 Å². The van der Waals surface area contributed by atoms with Crippen molar-refractivity contribution >= 4 is 153 Å². The fraction of sp³-hybridized carbons (Fsp3) is 0.0625. The second-order valence-electron chi connectivity index (χ2n) is 39.3. The number of imidazole rings is 4. The van der Waals surface area contributed by atoms with Crippen molar-refractivity contribution in [3.05, 3.63) is 454 Å². The third kappa shape index (κ3) is 10.2. The van der Waals surface area contributed by atoms with E-state index in [1.54, 1.807) is 0 Å². The zero-order valence-corrected chi connectivity index (χ0v) is 75.7. The standard InChI is InChI=1S/4C32H19N3/c1-2-6-21-18(5-1)15-19-9-11-22-24(29(19)21)16-20-10-12-23-31(30(20)22)25-17-33-14-13-27(25)35-28-8-4-3-7-26(28)34-32(23)35;1-2-6-22-18(5-1)13-20-16-25-21(15-24(20)22)14-19-9-10-23-31(30(19)25)26-17-33-12-11-28(26)35-29-8-4-3-7-27(29)34-32(23)35;1-2-6-22-18(5-1)13-20-15-21-14-19-9-10-23-31(30(19)25(21)16-24(20)22)26-17-33-12-11-28(26)35-29-8-4-3-7-27(29)34-32(23)35;1-2-6-20-18(5-1)15-24-21(20)11-12-22-25(24)16-19-9-10-23-31(30(19)22)26-17-33-14-13-28(26)35-29-8-4-3-7-27(29)34-32(23)35/h1-14,17H,15-16H2;2*1-12,15-17H,13-14H2;1-14,17H,15-16H2. The van der Waals surface area contributed by atoms with E-state index >= 15 is 0 Å². The van der Waals surface area contributed by atoms with Gasteiger partial charge in [-0.15, -0.1) is 0 Å². The maximum absolute atomic E-state index is 5.11. The highest BCUT2D eigenvalue weighted by Crippen LogP contribution is 2.57. The minimum absolute atomic E-state index is 0.972. The lowest BCUT2D eigenvalue weighted by Crippen LogP contribution is -1.94. The van der Waals surface area contributed by atoms with Crippen molar-refractivity contribution in [2.24, 2.45) is 0 Å². The van der Waals surface area contributed by atoms with Crippen LogP contribution in [0.25, 0.3) is 242 Å². The molecule has 12 heterocycles. The van der Waals surface area contributed by atoms with Gasteiger partial charge in [-0.1, -0.05) is 224 Å². The molecule has 0 saturated heterocycles. The van der Waals surface area contributed by atoms with Crippen molar-refractivity contribution in [2.45, 2.75) is 51.4 Å². The van der Waals surface area contributed by atoms with Crippen molar-refractivity contribution in [3.8, 4) is 89.0 Å². The zero-order valence-electron chi connectivity index (χ0n) is 75.7. The number of benzene rings is 16. The molecule has 0 saturated carbocycles. The highest BCUT2D eigenvalue weighted by Gasteiger charge is 2.37. The maximum atomic E-state index is 5.11. The van der Waals surface area contributed by atoms with Crippen LogP contribution >= 0.6 is 0 Å². The Hall–Kier alpha value is -18.0. The second kappa shape index (κ2) is 27.9. The van der Waals surface area contributed by atoms with Gasteiger partial charge in [0.2, 0.25) is 0 Å². The van der Waals surface area contributed by atoms with Gasteiger partial charge in [0, 0.05) is 114 Å². The summed E-state index contributed by atoms with van der Waals surface area (Å²) in [4.78, 5) is 38.7. The largest absolute Gasteiger partial charge is 0.292 e. The molecule has 648 valence electrons. The van der Waals surface area contributed by atoms with E-state index in [4.69, 9.17) is 19.9 Å². The number of para-hydroxylation sites is 8. The summed E-state index contributed by atoms with van der Waals surface area (Å²) in [6, 6.07) is 115. The van der Waals surface area contributed by atoms with Gasteiger partial charge in [0.05, 0.1) is 66.2 Å². The molecule has 0 atom stereocenters. The summed E-state index contributed by atoms with van der Waals surface area (Å²) in [5.74, 6) is 0. The van der Waals surface area contributed by atoms with Gasteiger partial charge in [-0.25, -0.2) is 19.9 Å². The third-order valence-electron chi connectivity index (χ3n) is 32.4. The Morgan fingerprint density at radius 3 is 0.900 bits per heavy atom. The van der Waals surface area contributed by atoms with Crippen LogP contribution in [-0.2, 0) is 51.4 Å². The highest BCUT2D eigenvalue weighted by atomic mass is 15.0. The van der Waals surface area contributed by atoms with Crippen LogP contribution in [0.4, 0.5) is 0 Å². The quantitative estimate of drug-likeness (QED) is 0.138. The number of hydrogen-bond acceptors (Lipinski definition) is 8. The topological polar surface area (TPSA) is 121 Å². The van der Waals surface area contributed by atoms with Crippen molar-refractivity contribution in [2.75, 3.05) is 0 Å². The molecule has 0 aliphatic heterocycles. The van der Waals surface area contributed by atoms with Gasteiger partial charge >= 0.3 is 0 Å². The normalized spacial score (nSPS) is 13.5. The van der Waals surface area contributed by atoms with Crippen LogP contribution in [-0.4, -0.2) is 57.5 Å². The molecule has 28 aromatic rings. The Kier molecular flexibility index (Phi) is 15.0. The molecule has 0 spiro atoms. The van der Waals surface area contributed by atoms with Crippen molar-refractivity contribution in [3.63, 3.8) is 0 Å². The van der Waals surface area contributed by atoms with E-state index in [1.165, 1.54) is 243 Å². The average molecular weight is 1780 g/mol. The van der Waals surface area contributed by atoms with Crippen molar-refractivity contribution in [1.82, 2.24) is 57.5 Å². The molecule has 0 N–H and O–H groups in total. The van der Waals surface area contributed by atoms with Gasteiger partial charge < -0.3 is 0 Å². The lowest BCUT2D eigenvalue weighted by Gasteiger charge is -2.13. The molecule has 8 aliphatic rings.